The van der Waals surface area contributed by atoms with E-state index in [9.17, 15) is 9.59 Å². The third-order valence-electron chi connectivity index (χ3n) is 3.06. The van der Waals surface area contributed by atoms with Crippen LogP contribution in [0.4, 0.5) is 11.4 Å². The first-order valence-corrected chi connectivity index (χ1v) is 6.26. The van der Waals surface area contributed by atoms with Gasteiger partial charge >= 0.3 is 0 Å². The van der Waals surface area contributed by atoms with Gasteiger partial charge in [0.2, 0.25) is 0 Å². The van der Waals surface area contributed by atoms with E-state index in [1.165, 1.54) is 6.92 Å². The highest BCUT2D eigenvalue weighted by molar-refractivity contribution is 6.05. The van der Waals surface area contributed by atoms with Crippen molar-refractivity contribution in [1.29, 1.82) is 0 Å². The first-order valence-electron chi connectivity index (χ1n) is 6.26. The minimum Gasteiger partial charge on any atom is -0.399 e. The lowest BCUT2D eigenvalue weighted by molar-refractivity contribution is 0.101. The molecule has 0 aromatic heterocycles. The second-order valence-electron chi connectivity index (χ2n) is 4.66. The topological polar surface area (TPSA) is 72.2 Å². The van der Waals surface area contributed by atoms with E-state index in [0.717, 1.165) is 5.56 Å². The molecule has 4 heteroatoms. The molecular formula is C16H16N2O2. The van der Waals surface area contributed by atoms with Gasteiger partial charge in [-0.25, -0.2) is 0 Å². The predicted octanol–water partition coefficient (Wildman–Crippen LogP) is 3.03. The first kappa shape index (κ1) is 13.8. The zero-order chi connectivity index (χ0) is 14.7. The van der Waals surface area contributed by atoms with Gasteiger partial charge in [-0.2, -0.15) is 0 Å². The number of anilines is 2. The largest absolute Gasteiger partial charge is 0.399 e. The fraction of sp³-hybridized carbons (Fsp3) is 0.125. The molecule has 0 aliphatic rings. The van der Waals surface area contributed by atoms with Gasteiger partial charge in [-0.05, 0) is 49.7 Å². The van der Waals surface area contributed by atoms with Crippen LogP contribution in [0.3, 0.4) is 0 Å². The molecule has 102 valence electrons. The van der Waals surface area contributed by atoms with Crippen LogP contribution in [0.5, 0.6) is 0 Å². The molecule has 0 heterocycles. The van der Waals surface area contributed by atoms with Crippen molar-refractivity contribution in [3.05, 3.63) is 59.2 Å². The fourth-order valence-corrected chi connectivity index (χ4v) is 1.84. The molecule has 0 fully saturated rings. The van der Waals surface area contributed by atoms with Crippen molar-refractivity contribution in [2.45, 2.75) is 13.8 Å². The summed E-state index contributed by atoms with van der Waals surface area (Å²) >= 11 is 0. The van der Waals surface area contributed by atoms with E-state index >= 15 is 0 Å². The van der Waals surface area contributed by atoms with Crippen molar-refractivity contribution in [1.82, 2.24) is 0 Å². The Labute approximate surface area is 117 Å². The molecule has 0 saturated heterocycles. The summed E-state index contributed by atoms with van der Waals surface area (Å²) in [6.45, 7) is 3.34. The molecule has 3 N–H and O–H groups in total. The van der Waals surface area contributed by atoms with Crippen molar-refractivity contribution in [2.24, 2.45) is 0 Å². The van der Waals surface area contributed by atoms with Gasteiger partial charge in [-0.1, -0.05) is 12.1 Å². The normalized spacial score (nSPS) is 10.1. The molecule has 20 heavy (non-hydrogen) atoms. The summed E-state index contributed by atoms with van der Waals surface area (Å²) in [5.74, 6) is -0.266. The second kappa shape index (κ2) is 5.57. The van der Waals surface area contributed by atoms with Crippen LogP contribution in [0.15, 0.2) is 42.5 Å². The Balaban J connectivity index is 2.21. The standard InChI is InChI=1S/C16H16N2O2/c1-10-8-13(6-7-15(10)17)16(20)18-14-5-3-4-12(9-14)11(2)19/h3-9H,17H2,1-2H3,(H,18,20). The van der Waals surface area contributed by atoms with Gasteiger partial charge in [0.05, 0.1) is 0 Å². The third kappa shape index (κ3) is 3.03. The Hall–Kier alpha value is -2.62. The molecule has 0 atom stereocenters. The minimum atomic E-state index is -0.228. The van der Waals surface area contributed by atoms with Crippen molar-refractivity contribution >= 4 is 23.1 Å². The maximum absolute atomic E-state index is 12.1. The Bertz CT molecular complexity index is 678. The molecule has 2 aromatic carbocycles. The minimum absolute atomic E-state index is 0.0376. The zero-order valence-corrected chi connectivity index (χ0v) is 11.4. The lowest BCUT2D eigenvalue weighted by Crippen LogP contribution is -2.12. The van der Waals surface area contributed by atoms with Crippen molar-refractivity contribution in [2.75, 3.05) is 11.1 Å². The second-order valence-corrected chi connectivity index (χ2v) is 4.66. The maximum Gasteiger partial charge on any atom is 0.255 e. The number of aryl methyl sites for hydroxylation is 1. The van der Waals surface area contributed by atoms with E-state index in [1.54, 1.807) is 42.5 Å². The number of nitrogens with two attached hydrogens (primary N) is 1. The van der Waals surface area contributed by atoms with Gasteiger partial charge in [0.15, 0.2) is 5.78 Å². The van der Waals surface area contributed by atoms with Crippen molar-refractivity contribution in [3.63, 3.8) is 0 Å². The SMILES string of the molecule is CC(=O)c1cccc(NC(=O)c2ccc(N)c(C)c2)c1. The Morgan fingerprint density at radius 2 is 1.80 bits per heavy atom. The highest BCUT2D eigenvalue weighted by atomic mass is 16.1. The smallest absolute Gasteiger partial charge is 0.255 e. The van der Waals surface area contributed by atoms with Gasteiger partial charge in [0, 0.05) is 22.5 Å². The number of hydrogen-bond acceptors (Lipinski definition) is 3. The average Bonchev–Trinajstić information content (AvgIpc) is 2.42. The van der Waals surface area contributed by atoms with Crippen molar-refractivity contribution < 1.29 is 9.59 Å². The number of benzene rings is 2. The van der Waals surface area contributed by atoms with Crippen LogP contribution in [-0.2, 0) is 0 Å². The van der Waals surface area contributed by atoms with E-state index < -0.39 is 0 Å². The highest BCUT2D eigenvalue weighted by Gasteiger charge is 2.08. The molecule has 0 aliphatic heterocycles. The van der Waals surface area contributed by atoms with Crippen molar-refractivity contribution in [3.8, 4) is 0 Å². The summed E-state index contributed by atoms with van der Waals surface area (Å²) in [4.78, 5) is 23.4. The average molecular weight is 268 g/mol. The lowest BCUT2D eigenvalue weighted by Gasteiger charge is -2.08. The molecule has 2 rings (SSSR count). The number of rotatable bonds is 3. The molecule has 0 bridgehead atoms. The van der Waals surface area contributed by atoms with Gasteiger partial charge in [0.25, 0.3) is 5.91 Å². The van der Waals surface area contributed by atoms with Crippen LogP contribution in [0.1, 0.15) is 33.2 Å². The van der Waals surface area contributed by atoms with Gasteiger partial charge < -0.3 is 11.1 Å². The van der Waals surface area contributed by atoms with E-state index in [-0.39, 0.29) is 11.7 Å². The number of nitrogen functional groups attached to an aromatic ring is 1. The summed E-state index contributed by atoms with van der Waals surface area (Å²) in [7, 11) is 0. The monoisotopic (exact) mass is 268 g/mol. The van der Waals surface area contributed by atoms with Gasteiger partial charge in [-0.3, -0.25) is 9.59 Å². The van der Waals surface area contributed by atoms with Crippen LogP contribution in [0.25, 0.3) is 0 Å². The summed E-state index contributed by atoms with van der Waals surface area (Å²) < 4.78 is 0. The Morgan fingerprint density at radius 1 is 1.05 bits per heavy atom. The maximum atomic E-state index is 12.1. The predicted molar refractivity (Wildman–Crippen MR) is 80.0 cm³/mol. The van der Waals surface area contributed by atoms with Crippen LogP contribution >= 0.6 is 0 Å². The van der Waals surface area contributed by atoms with Crippen LogP contribution in [0, 0.1) is 6.92 Å². The highest BCUT2D eigenvalue weighted by Crippen LogP contribution is 2.16. The number of amides is 1. The van der Waals surface area contributed by atoms with Gasteiger partial charge in [-0.15, -0.1) is 0 Å². The van der Waals surface area contributed by atoms with Crippen LogP contribution in [-0.4, -0.2) is 11.7 Å². The molecule has 0 radical (unpaired) electrons. The molecule has 0 unspecified atom stereocenters. The third-order valence-corrected chi connectivity index (χ3v) is 3.06. The fourth-order valence-electron chi connectivity index (χ4n) is 1.84. The number of hydrogen-bond donors (Lipinski definition) is 2. The summed E-state index contributed by atoms with van der Waals surface area (Å²) in [5, 5.41) is 2.77. The number of carbonyl (C=O) groups excluding carboxylic acids is 2. The first-order chi connectivity index (χ1) is 9.47. The Kier molecular flexibility index (Phi) is 3.84. The molecule has 0 aliphatic carbocycles. The van der Waals surface area contributed by atoms with E-state index in [0.29, 0.717) is 22.5 Å². The summed E-state index contributed by atoms with van der Waals surface area (Å²) in [6, 6.07) is 12.0. The quantitative estimate of drug-likeness (QED) is 0.664. The van der Waals surface area contributed by atoms with Crippen LogP contribution in [0.2, 0.25) is 0 Å². The lowest BCUT2D eigenvalue weighted by atomic mass is 10.1. The zero-order valence-electron chi connectivity index (χ0n) is 11.4. The van der Waals surface area contributed by atoms with E-state index in [2.05, 4.69) is 5.32 Å². The van der Waals surface area contributed by atoms with E-state index in [4.69, 9.17) is 5.73 Å². The molecule has 1 amide bonds. The molecule has 2 aromatic rings. The summed E-state index contributed by atoms with van der Waals surface area (Å²) in [6.07, 6.45) is 0. The number of Topliss-reactive ketones (excluding diaryl/α,β-unsaturated/α-hetero) is 1. The van der Waals surface area contributed by atoms with Crippen LogP contribution < -0.4 is 11.1 Å². The summed E-state index contributed by atoms with van der Waals surface area (Å²) in [5.41, 5.74) is 8.93. The molecule has 4 nitrogen and oxygen atoms in total. The number of ketones is 1. The number of carbonyl (C=O) groups is 2. The van der Waals surface area contributed by atoms with Gasteiger partial charge in [0.1, 0.15) is 0 Å². The molecular weight excluding hydrogens is 252 g/mol. The molecule has 0 spiro atoms. The van der Waals surface area contributed by atoms with E-state index in [1.807, 2.05) is 6.92 Å². The Morgan fingerprint density at radius 3 is 2.45 bits per heavy atom. The molecule has 0 saturated carbocycles. The number of nitrogens with one attached hydrogen (secondary N) is 1.